The van der Waals surface area contributed by atoms with Gasteiger partial charge in [-0.2, -0.15) is 0 Å². The second-order valence-electron chi connectivity index (χ2n) is 2.20. The van der Waals surface area contributed by atoms with Gasteiger partial charge in [0.25, 0.3) is 0 Å². The Morgan fingerprint density at radius 3 is 2.46 bits per heavy atom. The average Bonchev–Trinajstić information content (AvgIpc) is 1.94. The number of hydrogen-bond acceptors (Lipinski definition) is 3. The van der Waals surface area contributed by atoms with Crippen molar-refractivity contribution in [1.29, 1.82) is 0 Å². The molecule has 0 fully saturated rings. The smallest absolute Gasteiger partial charge is 0.506 e. The van der Waals surface area contributed by atoms with Crippen molar-refractivity contribution >= 4 is 19.4 Å². The van der Waals surface area contributed by atoms with E-state index in [4.69, 9.17) is 26.5 Å². The van der Waals surface area contributed by atoms with E-state index < -0.39 is 7.82 Å². The monoisotopic (exact) mass is 224 g/mol. The van der Waals surface area contributed by atoms with Crippen LogP contribution in [0.2, 0.25) is 5.02 Å². The standard InChI is InChI=1S/C6H6ClO5P/c7-5-3-4(1-2-6(5)8)12-13(9,10)11/h1-3,8H,(H2,9,10,11). The van der Waals surface area contributed by atoms with E-state index in [1.807, 2.05) is 0 Å². The lowest BCUT2D eigenvalue weighted by Crippen LogP contribution is -1.89. The number of rotatable bonds is 2. The number of benzene rings is 1. The molecule has 0 heterocycles. The maximum absolute atomic E-state index is 10.4. The Balaban J connectivity index is 2.92. The molecule has 13 heavy (non-hydrogen) atoms. The van der Waals surface area contributed by atoms with Gasteiger partial charge >= 0.3 is 7.82 Å². The van der Waals surface area contributed by atoms with Crippen molar-refractivity contribution in [2.75, 3.05) is 0 Å². The van der Waals surface area contributed by atoms with Gasteiger partial charge in [-0.1, -0.05) is 11.6 Å². The lowest BCUT2D eigenvalue weighted by Gasteiger charge is -2.06. The Bertz CT molecular complexity index is 360. The Morgan fingerprint density at radius 2 is 2.00 bits per heavy atom. The van der Waals surface area contributed by atoms with Crippen LogP contribution >= 0.6 is 19.4 Å². The van der Waals surface area contributed by atoms with Gasteiger partial charge in [0.05, 0.1) is 5.02 Å². The van der Waals surface area contributed by atoms with E-state index in [0.29, 0.717) is 0 Å². The van der Waals surface area contributed by atoms with Crippen LogP contribution in [-0.4, -0.2) is 14.9 Å². The minimum atomic E-state index is -4.56. The summed E-state index contributed by atoms with van der Waals surface area (Å²) in [5, 5.41) is 8.92. The molecule has 0 aromatic heterocycles. The third-order valence-corrected chi connectivity index (χ3v) is 1.89. The molecule has 0 aliphatic rings. The van der Waals surface area contributed by atoms with Crippen molar-refractivity contribution in [2.24, 2.45) is 0 Å². The van der Waals surface area contributed by atoms with E-state index in [1.165, 1.54) is 12.1 Å². The van der Waals surface area contributed by atoms with Gasteiger partial charge in [-0.05, 0) is 12.1 Å². The number of hydrogen-bond donors (Lipinski definition) is 3. The van der Waals surface area contributed by atoms with E-state index in [9.17, 15) is 4.57 Å². The molecule has 0 amide bonds. The van der Waals surface area contributed by atoms with Crippen LogP contribution in [0.4, 0.5) is 0 Å². The zero-order valence-electron chi connectivity index (χ0n) is 6.22. The number of phosphoric acid groups is 1. The number of phenols is 1. The van der Waals surface area contributed by atoms with Gasteiger partial charge < -0.3 is 9.63 Å². The Labute approximate surface area is 78.8 Å². The molecule has 0 spiro atoms. The molecular weight excluding hydrogens is 218 g/mol. The van der Waals surface area contributed by atoms with Crippen LogP contribution in [-0.2, 0) is 4.57 Å². The van der Waals surface area contributed by atoms with Gasteiger partial charge in [0.2, 0.25) is 0 Å². The van der Waals surface area contributed by atoms with Crippen molar-refractivity contribution in [2.45, 2.75) is 0 Å². The number of phosphoric ester groups is 1. The fraction of sp³-hybridized carbons (Fsp3) is 0. The average molecular weight is 225 g/mol. The van der Waals surface area contributed by atoms with Crippen LogP contribution in [0.3, 0.4) is 0 Å². The quantitative estimate of drug-likeness (QED) is 0.663. The summed E-state index contributed by atoms with van der Waals surface area (Å²) in [6.45, 7) is 0. The molecule has 7 heteroatoms. The SMILES string of the molecule is O=P(O)(O)Oc1ccc(O)c(Cl)c1. The molecule has 0 aliphatic carbocycles. The first kappa shape index (κ1) is 10.3. The largest absolute Gasteiger partial charge is 0.524 e. The second-order valence-corrected chi connectivity index (χ2v) is 3.77. The molecule has 0 saturated carbocycles. The van der Waals surface area contributed by atoms with Crippen LogP contribution in [0.1, 0.15) is 0 Å². The molecule has 0 saturated heterocycles. The maximum atomic E-state index is 10.4. The normalized spacial score (nSPS) is 11.3. The first-order chi connectivity index (χ1) is 5.88. The lowest BCUT2D eigenvalue weighted by atomic mass is 10.3. The molecule has 0 radical (unpaired) electrons. The first-order valence-electron chi connectivity index (χ1n) is 3.12. The third kappa shape index (κ3) is 3.24. The summed E-state index contributed by atoms with van der Waals surface area (Å²) in [5.41, 5.74) is 0. The van der Waals surface area contributed by atoms with Gasteiger partial charge in [0, 0.05) is 6.07 Å². The molecular formula is C6H6ClO5P. The second kappa shape index (κ2) is 3.55. The van der Waals surface area contributed by atoms with Crippen LogP contribution in [0.25, 0.3) is 0 Å². The van der Waals surface area contributed by atoms with Gasteiger partial charge in [0.15, 0.2) is 0 Å². The Morgan fingerprint density at radius 1 is 1.38 bits per heavy atom. The fourth-order valence-corrected chi connectivity index (χ4v) is 1.24. The number of aromatic hydroxyl groups is 1. The summed E-state index contributed by atoms with van der Waals surface area (Å²) >= 11 is 5.46. The summed E-state index contributed by atoms with van der Waals surface area (Å²) < 4.78 is 14.6. The van der Waals surface area contributed by atoms with Gasteiger partial charge in [-0.3, -0.25) is 9.79 Å². The molecule has 0 unspecified atom stereocenters. The van der Waals surface area contributed by atoms with E-state index in [2.05, 4.69) is 4.52 Å². The van der Waals surface area contributed by atoms with E-state index >= 15 is 0 Å². The molecule has 0 atom stereocenters. The van der Waals surface area contributed by atoms with E-state index in [1.54, 1.807) is 0 Å². The zero-order chi connectivity index (χ0) is 10.1. The van der Waals surface area contributed by atoms with E-state index in [-0.39, 0.29) is 16.5 Å². The molecule has 72 valence electrons. The molecule has 0 bridgehead atoms. The summed E-state index contributed by atoms with van der Waals surface area (Å²) in [6, 6.07) is 3.48. The van der Waals surface area contributed by atoms with Gasteiger partial charge in [-0.25, -0.2) is 4.57 Å². The molecule has 5 nitrogen and oxygen atoms in total. The number of halogens is 1. The van der Waals surface area contributed by atoms with Crippen LogP contribution in [0, 0.1) is 0 Å². The summed E-state index contributed by atoms with van der Waals surface area (Å²) in [6.07, 6.45) is 0. The van der Waals surface area contributed by atoms with Crippen molar-refractivity contribution in [3.63, 3.8) is 0 Å². The highest BCUT2D eigenvalue weighted by molar-refractivity contribution is 7.46. The molecule has 1 aromatic carbocycles. The lowest BCUT2D eigenvalue weighted by molar-refractivity contribution is 0.283. The highest BCUT2D eigenvalue weighted by Crippen LogP contribution is 2.39. The van der Waals surface area contributed by atoms with Gasteiger partial charge in [0.1, 0.15) is 11.5 Å². The van der Waals surface area contributed by atoms with Crippen LogP contribution < -0.4 is 4.52 Å². The zero-order valence-corrected chi connectivity index (χ0v) is 7.87. The summed E-state index contributed by atoms with van der Waals surface area (Å²) in [5.74, 6) is -0.282. The summed E-state index contributed by atoms with van der Waals surface area (Å²) in [7, 11) is -4.56. The third-order valence-electron chi connectivity index (χ3n) is 1.14. The summed E-state index contributed by atoms with van der Waals surface area (Å²) in [4.78, 5) is 16.8. The fourth-order valence-electron chi connectivity index (χ4n) is 0.682. The van der Waals surface area contributed by atoms with Gasteiger partial charge in [-0.15, -0.1) is 0 Å². The van der Waals surface area contributed by atoms with Crippen molar-refractivity contribution in [3.8, 4) is 11.5 Å². The predicted molar refractivity (Wildman–Crippen MR) is 45.8 cm³/mol. The highest BCUT2D eigenvalue weighted by atomic mass is 35.5. The predicted octanol–water partition coefficient (Wildman–Crippen LogP) is 1.52. The molecule has 0 aliphatic heterocycles. The minimum absolute atomic E-state index is 0.0362. The Kier molecular flexibility index (Phi) is 2.83. The highest BCUT2D eigenvalue weighted by Gasteiger charge is 2.16. The maximum Gasteiger partial charge on any atom is 0.524 e. The molecule has 1 aromatic rings. The first-order valence-corrected chi connectivity index (χ1v) is 5.03. The molecule has 1 rings (SSSR count). The van der Waals surface area contributed by atoms with Crippen molar-refractivity contribution < 1.29 is 24.0 Å². The van der Waals surface area contributed by atoms with Crippen LogP contribution in [0.15, 0.2) is 18.2 Å². The molecule has 3 N–H and O–H groups in total. The van der Waals surface area contributed by atoms with E-state index in [0.717, 1.165) is 6.07 Å². The Hall–Kier alpha value is -0.740. The minimum Gasteiger partial charge on any atom is -0.506 e. The number of phenolic OH excluding ortho intramolecular Hbond substituents is 1. The van der Waals surface area contributed by atoms with Crippen molar-refractivity contribution in [1.82, 2.24) is 0 Å². The topological polar surface area (TPSA) is 87.0 Å². The van der Waals surface area contributed by atoms with Crippen molar-refractivity contribution in [3.05, 3.63) is 23.2 Å². The van der Waals surface area contributed by atoms with Crippen LogP contribution in [0.5, 0.6) is 11.5 Å².